The summed E-state index contributed by atoms with van der Waals surface area (Å²) in [6.45, 7) is 5.84. The Hall–Kier alpha value is -2.44. The zero-order chi connectivity index (χ0) is 18.4. The van der Waals surface area contributed by atoms with E-state index in [2.05, 4.69) is 11.9 Å². The van der Waals surface area contributed by atoms with Crippen molar-refractivity contribution in [1.29, 1.82) is 0 Å². The van der Waals surface area contributed by atoms with Gasteiger partial charge in [-0.15, -0.1) is 0 Å². The van der Waals surface area contributed by atoms with Crippen molar-refractivity contribution in [1.82, 2.24) is 5.32 Å². The van der Waals surface area contributed by atoms with Gasteiger partial charge in [0, 0.05) is 12.6 Å². The van der Waals surface area contributed by atoms with Crippen LogP contribution < -0.4 is 5.32 Å². The first-order valence-electron chi connectivity index (χ1n) is 7.80. The standard InChI is InChI=1S/C19H21NO4S/c1-14-4-10-18(11-5-14)25(22,23)24-13-12-15(2)16-6-8-17(9-7-16)19(21)20-3/h4-11H,2,12-13H2,1,3H3,(H,20,21). The normalized spacial score (nSPS) is 11.1. The summed E-state index contributed by atoms with van der Waals surface area (Å²) in [5.41, 5.74) is 3.11. The number of carbonyl (C=O) groups is 1. The van der Waals surface area contributed by atoms with Gasteiger partial charge in [-0.05, 0) is 48.7 Å². The van der Waals surface area contributed by atoms with Crippen molar-refractivity contribution in [3.8, 4) is 0 Å². The average Bonchev–Trinajstić information content (AvgIpc) is 2.61. The van der Waals surface area contributed by atoms with Crippen molar-refractivity contribution in [2.45, 2.75) is 18.2 Å². The van der Waals surface area contributed by atoms with Gasteiger partial charge >= 0.3 is 0 Å². The molecular weight excluding hydrogens is 338 g/mol. The molecule has 1 amide bonds. The largest absolute Gasteiger partial charge is 0.355 e. The smallest absolute Gasteiger partial charge is 0.296 e. The van der Waals surface area contributed by atoms with E-state index in [1.807, 2.05) is 6.92 Å². The Kier molecular flexibility index (Phi) is 6.12. The van der Waals surface area contributed by atoms with E-state index in [1.54, 1.807) is 43.4 Å². The molecule has 6 heteroatoms. The maximum atomic E-state index is 12.1. The maximum Gasteiger partial charge on any atom is 0.296 e. The summed E-state index contributed by atoms with van der Waals surface area (Å²) in [6, 6.07) is 13.5. The first kappa shape index (κ1) is 18.9. The first-order chi connectivity index (χ1) is 11.8. The quantitative estimate of drug-likeness (QED) is 0.771. The monoisotopic (exact) mass is 359 g/mol. The molecular formula is C19H21NO4S. The Morgan fingerprint density at radius 3 is 2.16 bits per heavy atom. The summed E-state index contributed by atoms with van der Waals surface area (Å²) in [5.74, 6) is -0.162. The van der Waals surface area contributed by atoms with E-state index in [9.17, 15) is 13.2 Å². The highest BCUT2D eigenvalue weighted by Crippen LogP contribution is 2.19. The van der Waals surface area contributed by atoms with Crippen molar-refractivity contribution in [2.24, 2.45) is 0 Å². The lowest BCUT2D eigenvalue weighted by atomic mass is 10.0. The second-order valence-electron chi connectivity index (χ2n) is 5.60. The fraction of sp³-hybridized carbons (Fsp3) is 0.211. The van der Waals surface area contributed by atoms with Crippen LogP contribution in [0.3, 0.4) is 0 Å². The minimum absolute atomic E-state index is 0.00619. The molecule has 0 aliphatic rings. The van der Waals surface area contributed by atoms with Gasteiger partial charge in [-0.1, -0.05) is 36.4 Å². The number of aryl methyl sites for hydroxylation is 1. The third kappa shape index (κ3) is 5.01. The molecule has 25 heavy (non-hydrogen) atoms. The number of benzene rings is 2. The van der Waals surface area contributed by atoms with Crippen molar-refractivity contribution >= 4 is 21.6 Å². The van der Waals surface area contributed by atoms with Crippen LogP contribution in [0.2, 0.25) is 0 Å². The molecule has 0 aliphatic heterocycles. The van der Waals surface area contributed by atoms with Gasteiger partial charge in [0.25, 0.3) is 16.0 Å². The number of carbonyl (C=O) groups excluding carboxylic acids is 1. The summed E-state index contributed by atoms with van der Waals surface area (Å²) < 4.78 is 29.3. The second-order valence-corrected chi connectivity index (χ2v) is 7.21. The van der Waals surface area contributed by atoms with Gasteiger partial charge < -0.3 is 5.32 Å². The summed E-state index contributed by atoms with van der Waals surface area (Å²) in [7, 11) is -2.20. The van der Waals surface area contributed by atoms with Crippen LogP contribution in [0, 0.1) is 6.92 Å². The molecule has 2 aromatic rings. The molecule has 0 aliphatic carbocycles. The molecule has 2 aromatic carbocycles. The molecule has 0 spiro atoms. The molecule has 2 rings (SSSR count). The van der Waals surface area contributed by atoms with Crippen molar-refractivity contribution in [3.05, 3.63) is 71.8 Å². The Morgan fingerprint density at radius 2 is 1.60 bits per heavy atom. The van der Waals surface area contributed by atoms with Gasteiger partial charge in [0.05, 0.1) is 11.5 Å². The average molecular weight is 359 g/mol. The zero-order valence-corrected chi connectivity index (χ0v) is 15.1. The summed E-state index contributed by atoms with van der Waals surface area (Å²) in [5, 5.41) is 2.55. The SMILES string of the molecule is C=C(CCOS(=O)(=O)c1ccc(C)cc1)c1ccc(C(=O)NC)cc1. The molecule has 0 aromatic heterocycles. The topological polar surface area (TPSA) is 72.5 Å². The highest BCUT2D eigenvalue weighted by atomic mass is 32.2. The van der Waals surface area contributed by atoms with Crippen molar-refractivity contribution in [3.63, 3.8) is 0 Å². The Bertz CT molecular complexity index is 853. The van der Waals surface area contributed by atoms with Crippen LogP contribution in [0.15, 0.2) is 60.0 Å². The Labute approximate surface area is 148 Å². The van der Waals surface area contributed by atoms with Crippen molar-refractivity contribution in [2.75, 3.05) is 13.7 Å². The van der Waals surface area contributed by atoms with Gasteiger partial charge in [-0.3, -0.25) is 8.98 Å². The van der Waals surface area contributed by atoms with Gasteiger partial charge in [-0.2, -0.15) is 8.42 Å². The third-order valence-electron chi connectivity index (χ3n) is 3.73. The number of amides is 1. The number of hydrogen-bond donors (Lipinski definition) is 1. The fourth-order valence-corrected chi connectivity index (χ4v) is 3.10. The summed E-state index contributed by atoms with van der Waals surface area (Å²) in [6.07, 6.45) is 0.365. The highest BCUT2D eigenvalue weighted by molar-refractivity contribution is 7.86. The number of nitrogens with one attached hydrogen (secondary N) is 1. The van der Waals surface area contributed by atoms with E-state index in [4.69, 9.17) is 4.18 Å². The molecule has 0 atom stereocenters. The lowest BCUT2D eigenvalue weighted by molar-refractivity contribution is 0.0963. The van der Waals surface area contributed by atoms with E-state index in [-0.39, 0.29) is 17.4 Å². The summed E-state index contributed by atoms with van der Waals surface area (Å²) >= 11 is 0. The van der Waals surface area contributed by atoms with Crippen LogP contribution in [0.1, 0.15) is 27.9 Å². The zero-order valence-electron chi connectivity index (χ0n) is 14.3. The van der Waals surface area contributed by atoms with E-state index in [0.29, 0.717) is 12.0 Å². The fourth-order valence-electron chi connectivity index (χ4n) is 2.19. The maximum absolute atomic E-state index is 12.1. The molecule has 132 valence electrons. The molecule has 0 saturated heterocycles. The number of rotatable bonds is 7. The van der Waals surface area contributed by atoms with Gasteiger partial charge in [-0.25, -0.2) is 0 Å². The Morgan fingerprint density at radius 1 is 1.04 bits per heavy atom. The minimum atomic E-state index is -3.77. The van der Waals surface area contributed by atoms with Gasteiger partial charge in [0.2, 0.25) is 0 Å². The van der Waals surface area contributed by atoms with E-state index in [0.717, 1.165) is 16.7 Å². The van der Waals surface area contributed by atoms with Crippen LogP contribution >= 0.6 is 0 Å². The van der Waals surface area contributed by atoms with Gasteiger partial charge in [0.15, 0.2) is 0 Å². The number of hydrogen-bond acceptors (Lipinski definition) is 4. The molecule has 0 radical (unpaired) electrons. The van der Waals surface area contributed by atoms with E-state index in [1.165, 1.54) is 12.1 Å². The molecule has 0 unspecified atom stereocenters. The third-order valence-corrected chi connectivity index (χ3v) is 5.06. The predicted molar refractivity (Wildman–Crippen MR) is 97.8 cm³/mol. The van der Waals surface area contributed by atoms with Crippen molar-refractivity contribution < 1.29 is 17.4 Å². The molecule has 0 saturated carbocycles. The molecule has 1 N–H and O–H groups in total. The molecule has 5 nitrogen and oxygen atoms in total. The Balaban J connectivity index is 1.93. The van der Waals surface area contributed by atoms with E-state index >= 15 is 0 Å². The summed E-state index contributed by atoms with van der Waals surface area (Å²) in [4.78, 5) is 11.7. The highest BCUT2D eigenvalue weighted by Gasteiger charge is 2.15. The van der Waals surface area contributed by atoms with E-state index < -0.39 is 10.1 Å². The van der Waals surface area contributed by atoms with Gasteiger partial charge in [0.1, 0.15) is 0 Å². The van der Waals surface area contributed by atoms with Crippen LogP contribution in [0.25, 0.3) is 5.57 Å². The predicted octanol–water partition coefficient (Wildman–Crippen LogP) is 3.16. The van der Waals surface area contributed by atoms with Crippen LogP contribution in [0.5, 0.6) is 0 Å². The lowest BCUT2D eigenvalue weighted by Crippen LogP contribution is -2.17. The molecule has 0 fully saturated rings. The van der Waals surface area contributed by atoms with Crippen LogP contribution in [0.4, 0.5) is 0 Å². The minimum Gasteiger partial charge on any atom is -0.355 e. The first-order valence-corrected chi connectivity index (χ1v) is 9.21. The molecule has 0 heterocycles. The second kappa shape index (κ2) is 8.09. The van der Waals surface area contributed by atoms with Crippen LogP contribution in [-0.2, 0) is 14.3 Å². The molecule has 0 bridgehead atoms. The van der Waals surface area contributed by atoms with Crippen LogP contribution in [-0.4, -0.2) is 28.0 Å². The lowest BCUT2D eigenvalue weighted by Gasteiger charge is -2.09.